The first-order valence-corrected chi connectivity index (χ1v) is 19.7. The molecule has 9 nitrogen and oxygen atoms in total. The largest absolute Gasteiger partial charge is 0.455 e. The number of ether oxygens (including phenoxy) is 2. The molecule has 0 aliphatic carbocycles. The molecule has 0 atom stereocenters. The number of carbonyl (C=O) groups is 1. The molecule has 7 aromatic carbocycles. The highest BCUT2D eigenvalue weighted by atomic mass is 32.2. The normalized spacial score (nSPS) is 14.1. The van der Waals surface area contributed by atoms with Crippen LogP contribution in [-0.2, 0) is 30.6 Å². The van der Waals surface area contributed by atoms with E-state index in [1.165, 1.54) is 42.5 Å². The summed E-state index contributed by atoms with van der Waals surface area (Å²) in [6, 6.07) is 18.3. The van der Waals surface area contributed by atoms with Crippen molar-refractivity contribution in [2.45, 2.75) is 15.4 Å². The molecule has 0 N–H and O–H groups in total. The summed E-state index contributed by atoms with van der Waals surface area (Å²) >= 11 is 0. The lowest BCUT2D eigenvalue weighted by atomic mass is 9.76. The number of esters is 1. The Morgan fingerprint density at radius 2 is 0.852 bits per heavy atom. The van der Waals surface area contributed by atoms with Crippen LogP contribution in [0.15, 0.2) is 94.7 Å². The van der Waals surface area contributed by atoms with Gasteiger partial charge in [-0.15, -0.1) is 0 Å². The molecule has 310 valence electrons. The van der Waals surface area contributed by atoms with Gasteiger partial charge in [-0.25, -0.2) is 48.7 Å². The Bertz CT molecular complexity index is 3150. The van der Waals surface area contributed by atoms with Gasteiger partial charge in [0.1, 0.15) is 23.0 Å². The molecule has 9 rings (SSSR count). The summed E-state index contributed by atoms with van der Waals surface area (Å²) < 4.78 is 214. The standard InChI is InChI=1S/C40H14F10O9S2/c41-25-27(43)31(47)37(32(48)28(25)44)60(52,53)58-17-7-9-19-15(13-17)5-11-23-35(19)56-36-20-10-8-18(59-61(54,55)38-33(49)29(45)26(42)30(46)34(38)50)14-16(20)6-12-24(36)40(23)22-4-2-1-3-21(22)39(51)57-40/h1-14H. The highest BCUT2D eigenvalue weighted by molar-refractivity contribution is 7.87. The molecule has 7 aromatic rings. The average molecular weight is 893 g/mol. The van der Waals surface area contributed by atoms with E-state index in [0.29, 0.717) is 5.56 Å². The SMILES string of the molecule is O=C1OC2(c3ccccc31)c1ccc3cc(OS(=O)(=O)c4c(F)c(F)c(F)c(F)c4F)ccc3c1Oc1c2ccc2cc(OS(=O)(=O)c3c(F)c(F)c(F)c(F)c3F)ccc12. The van der Waals surface area contributed by atoms with Gasteiger partial charge in [-0.2, -0.15) is 16.8 Å². The van der Waals surface area contributed by atoms with Crippen LogP contribution in [-0.4, -0.2) is 22.8 Å². The molecule has 2 aliphatic rings. The van der Waals surface area contributed by atoms with Crippen LogP contribution in [0, 0.1) is 58.2 Å². The molecule has 0 saturated heterocycles. The summed E-state index contributed by atoms with van der Waals surface area (Å²) in [5.41, 5.74) is -0.880. The van der Waals surface area contributed by atoms with E-state index in [0.717, 1.165) is 24.3 Å². The number of hydrogen-bond donors (Lipinski definition) is 0. The van der Waals surface area contributed by atoms with Gasteiger partial charge in [0, 0.05) is 27.5 Å². The Morgan fingerprint density at radius 3 is 1.28 bits per heavy atom. The molecule has 61 heavy (non-hydrogen) atoms. The fourth-order valence-electron chi connectivity index (χ4n) is 7.25. The molecule has 0 amide bonds. The first-order valence-electron chi connectivity index (χ1n) is 16.9. The molecule has 21 heteroatoms. The van der Waals surface area contributed by atoms with E-state index < -0.39 is 111 Å². The average Bonchev–Trinajstić information content (AvgIpc) is 3.51. The van der Waals surface area contributed by atoms with Crippen molar-refractivity contribution < 1.29 is 83.4 Å². The van der Waals surface area contributed by atoms with Crippen LogP contribution in [0.5, 0.6) is 23.0 Å². The molecule has 2 aliphatic heterocycles. The van der Waals surface area contributed by atoms with Gasteiger partial charge in [0.05, 0.1) is 5.56 Å². The Morgan fingerprint density at radius 1 is 0.459 bits per heavy atom. The van der Waals surface area contributed by atoms with E-state index in [2.05, 4.69) is 0 Å². The van der Waals surface area contributed by atoms with Gasteiger partial charge < -0.3 is 17.8 Å². The van der Waals surface area contributed by atoms with E-state index in [4.69, 9.17) is 17.8 Å². The van der Waals surface area contributed by atoms with Crippen LogP contribution in [0.25, 0.3) is 21.5 Å². The van der Waals surface area contributed by atoms with E-state index >= 15 is 0 Å². The fourth-order valence-corrected chi connectivity index (χ4v) is 9.36. The zero-order valence-corrected chi connectivity index (χ0v) is 31.0. The lowest BCUT2D eigenvalue weighted by Gasteiger charge is -2.37. The van der Waals surface area contributed by atoms with Crippen LogP contribution in [0.4, 0.5) is 43.9 Å². The number of halogens is 10. The van der Waals surface area contributed by atoms with E-state index in [1.807, 2.05) is 0 Å². The van der Waals surface area contributed by atoms with E-state index in [1.54, 1.807) is 18.2 Å². The van der Waals surface area contributed by atoms with Gasteiger partial charge in [0.15, 0.2) is 61.9 Å². The minimum atomic E-state index is -5.70. The molecule has 0 fully saturated rings. The number of carbonyl (C=O) groups excluding carboxylic acids is 1. The van der Waals surface area contributed by atoms with Gasteiger partial charge in [0.25, 0.3) is 0 Å². The van der Waals surface area contributed by atoms with Crippen LogP contribution in [0.2, 0.25) is 0 Å². The summed E-state index contributed by atoms with van der Waals surface area (Å²) in [4.78, 5) is 8.96. The van der Waals surface area contributed by atoms with Crippen molar-refractivity contribution in [3.63, 3.8) is 0 Å². The summed E-state index contributed by atoms with van der Waals surface area (Å²) in [6.45, 7) is 0. The zero-order valence-electron chi connectivity index (χ0n) is 29.4. The quantitative estimate of drug-likeness (QED) is 0.0529. The second-order valence-corrected chi connectivity index (χ2v) is 16.2. The molecule has 0 saturated carbocycles. The minimum Gasteiger partial charge on any atom is -0.455 e. The lowest BCUT2D eigenvalue weighted by Crippen LogP contribution is -2.33. The topological polar surface area (TPSA) is 122 Å². The minimum absolute atomic E-state index is 0.0367. The molecule has 0 radical (unpaired) electrons. The van der Waals surface area contributed by atoms with Gasteiger partial charge in [-0.1, -0.05) is 30.3 Å². The number of rotatable bonds is 6. The molecular weight excluding hydrogens is 879 g/mol. The second kappa shape index (κ2) is 13.3. The second-order valence-electron chi connectivity index (χ2n) is 13.2. The van der Waals surface area contributed by atoms with Crippen molar-refractivity contribution in [1.29, 1.82) is 0 Å². The number of benzene rings is 7. The van der Waals surface area contributed by atoms with Crippen LogP contribution < -0.4 is 13.1 Å². The summed E-state index contributed by atoms with van der Waals surface area (Å²) in [5, 5.41) is 0.480. The van der Waals surface area contributed by atoms with Crippen molar-refractivity contribution in [3.8, 4) is 23.0 Å². The maximum atomic E-state index is 14.5. The van der Waals surface area contributed by atoms with Gasteiger partial charge in [0.2, 0.25) is 11.6 Å². The third-order valence-electron chi connectivity index (χ3n) is 9.87. The van der Waals surface area contributed by atoms with Gasteiger partial charge >= 0.3 is 26.2 Å². The highest BCUT2D eigenvalue weighted by Crippen LogP contribution is 2.59. The zero-order chi connectivity index (χ0) is 43.7. The Labute approximate surface area is 334 Å². The van der Waals surface area contributed by atoms with E-state index in [-0.39, 0.29) is 49.7 Å². The fraction of sp³-hybridized carbons (Fsp3) is 0.0250. The van der Waals surface area contributed by atoms with Crippen molar-refractivity contribution in [2.75, 3.05) is 0 Å². The highest BCUT2D eigenvalue weighted by Gasteiger charge is 2.54. The molecular formula is C40H14F10O9S2. The number of hydrogen-bond acceptors (Lipinski definition) is 9. The van der Waals surface area contributed by atoms with Crippen LogP contribution in [0.1, 0.15) is 27.0 Å². The van der Waals surface area contributed by atoms with Crippen molar-refractivity contribution >= 4 is 47.8 Å². The van der Waals surface area contributed by atoms with Crippen molar-refractivity contribution in [2.24, 2.45) is 0 Å². The monoisotopic (exact) mass is 892 g/mol. The maximum Gasteiger partial charge on any atom is 0.345 e. The summed E-state index contributed by atoms with van der Waals surface area (Å²) in [7, 11) is -11.4. The third-order valence-corrected chi connectivity index (χ3v) is 12.4. The molecule has 0 unspecified atom stereocenters. The Hall–Kier alpha value is -6.87. The summed E-state index contributed by atoms with van der Waals surface area (Å²) in [5.74, 6) is -28.1. The van der Waals surface area contributed by atoms with Gasteiger partial charge in [-0.05, 0) is 65.4 Å². The molecule has 2 heterocycles. The molecule has 1 spiro atoms. The Balaban J connectivity index is 1.17. The summed E-state index contributed by atoms with van der Waals surface area (Å²) in [6.07, 6.45) is 0. The maximum absolute atomic E-state index is 14.5. The molecule has 0 aromatic heterocycles. The van der Waals surface area contributed by atoms with Crippen molar-refractivity contribution in [3.05, 3.63) is 165 Å². The Kier molecular flexibility index (Phi) is 8.64. The predicted octanol–water partition coefficient (Wildman–Crippen LogP) is 9.49. The third kappa shape index (κ3) is 5.63. The van der Waals surface area contributed by atoms with Crippen LogP contribution in [0.3, 0.4) is 0 Å². The first kappa shape index (κ1) is 39.6. The van der Waals surface area contributed by atoms with Crippen molar-refractivity contribution in [1.82, 2.24) is 0 Å². The van der Waals surface area contributed by atoms with E-state index in [9.17, 15) is 65.5 Å². The first-order chi connectivity index (χ1) is 28.8. The van der Waals surface area contributed by atoms with Crippen LogP contribution >= 0.6 is 0 Å². The molecule has 0 bridgehead atoms. The predicted molar refractivity (Wildman–Crippen MR) is 188 cm³/mol. The van der Waals surface area contributed by atoms with Gasteiger partial charge in [-0.3, -0.25) is 0 Å². The lowest BCUT2D eigenvalue weighted by molar-refractivity contribution is 0.0226. The number of fused-ring (bicyclic) bond motifs is 10. The smallest absolute Gasteiger partial charge is 0.345 e.